The molecule has 5 heteroatoms. The highest BCUT2D eigenvalue weighted by Crippen LogP contribution is 2.19. The van der Waals surface area contributed by atoms with Gasteiger partial charge >= 0.3 is 0 Å². The highest BCUT2D eigenvalue weighted by Gasteiger charge is 2.21. The maximum atomic E-state index is 10.5. The lowest BCUT2D eigenvalue weighted by Crippen LogP contribution is -2.47. The number of piperazine rings is 1. The van der Waals surface area contributed by atoms with Gasteiger partial charge < -0.3 is 9.63 Å². The Bertz CT molecular complexity index is 655. The van der Waals surface area contributed by atoms with Gasteiger partial charge in [-0.15, -0.1) is 0 Å². The summed E-state index contributed by atoms with van der Waals surface area (Å²) in [6.07, 6.45) is -0.423. The fourth-order valence-electron chi connectivity index (χ4n) is 3.40. The number of aliphatic hydroxyl groups excluding tert-OH is 1. The van der Waals surface area contributed by atoms with Gasteiger partial charge in [-0.1, -0.05) is 34.5 Å². The van der Waals surface area contributed by atoms with Crippen LogP contribution in [0, 0.1) is 20.8 Å². The van der Waals surface area contributed by atoms with Crippen molar-refractivity contribution < 1.29 is 9.63 Å². The molecule has 0 saturated carbocycles. The van der Waals surface area contributed by atoms with Crippen molar-refractivity contribution in [2.45, 2.75) is 33.4 Å². The molecule has 24 heavy (non-hydrogen) atoms. The Morgan fingerprint density at radius 1 is 1.00 bits per heavy atom. The third kappa shape index (κ3) is 4.44. The molecule has 0 radical (unpaired) electrons. The quantitative estimate of drug-likeness (QED) is 0.913. The molecule has 1 aliphatic rings. The molecule has 130 valence electrons. The highest BCUT2D eigenvalue weighted by atomic mass is 16.5. The molecule has 0 bridgehead atoms. The Balaban J connectivity index is 1.49. The van der Waals surface area contributed by atoms with Crippen LogP contribution in [0.5, 0.6) is 0 Å². The van der Waals surface area contributed by atoms with E-state index in [1.54, 1.807) is 0 Å². The summed E-state index contributed by atoms with van der Waals surface area (Å²) in [6, 6.07) is 8.30. The lowest BCUT2D eigenvalue weighted by atomic mass is 10.0. The Kier molecular flexibility index (Phi) is 5.33. The van der Waals surface area contributed by atoms with Crippen LogP contribution >= 0.6 is 0 Å². The molecule has 1 aromatic heterocycles. The van der Waals surface area contributed by atoms with Crippen molar-refractivity contribution in [1.82, 2.24) is 15.0 Å². The van der Waals surface area contributed by atoms with E-state index in [9.17, 15) is 5.11 Å². The minimum Gasteiger partial charge on any atom is -0.387 e. The minimum absolute atomic E-state index is 0.423. The lowest BCUT2D eigenvalue weighted by Gasteiger charge is -2.35. The van der Waals surface area contributed by atoms with E-state index in [2.05, 4.69) is 47.0 Å². The number of hydrogen-bond donors (Lipinski definition) is 1. The van der Waals surface area contributed by atoms with Crippen LogP contribution in [-0.4, -0.2) is 52.8 Å². The molecular formula is C19H27N3O2. The van der Waals surface area contributed by atoms with Gasteiger partial charge in [-0.25, -0.2) is 0 Å². The van der Waals surface area contributed by atoms with Gasteiger partial charge in [0.05, 0.1) is 11.8 Å². The molecule has 0 aliphatic carbocycles. The second-order valence-electron chi connectivity index (χ2n) is 6.94. The zero-order chi connectivity index (χ0) is 17.1. The molecule has 0 amide bonds. The fourth-order valence-corrected chi connectivity index (χ4v) is 3.40. The molecule has 2 heterocycles. The third-order valence-corrected chi connectivity index (χ3v) is 4.59. The summed E-state index contributed by atoms with van der Waals surface area (Å²) in [7, 11) is 0. The Hall–Kier alpha value is -1.69. The van der Waals surface area contributed by atoms with Gasteiger partial charge in [-0.3, -0.25) is 9.80 Å². The molecule has 2 aromatic rings. The van der Waals surface area contributed by atoms with Crippen molar-refractivity contribution in [3.8, 4) is 0 Å². The number of hydrogen-bond acceptors (Lipinski definition) is 5. The van der Waals surface area contributed by atoms with Crippen molar-refractivity contribution >= 4 is 0 Å². The average Bonchev–Trinajstić information content (AvgIpc) is 2.93. The standard InChI is InChI=1S/C19H27N3O2/c1-14-8-15(2)10-17(9-14)19(23)13-22-6-4-21(5-7-22)12-18-11-16(3)24-20-18/h8-11,19,23H,4-7,12-13H2,1-3H3. The molecule has 1 unspecified atom stereocenters. The van der Waals surface area contributed by atoms with E-state index in [1.807, 2.05) is 13.0 Å². The van der Waals surface area contributed by atoms with Crippen LogP contribution in [0.15, 0.2) is 28.8 Å². The average molecular weight is 329 g/mol. The summed E-state index contributed by atoms with van der Waals surface area (Å²) in [5.41, 5.74) is 4.43. The first kappa shape index (κ1) is 17.1. The van der Waals surface area contributed by atoms with Gasteiger partial charge in [0.2, 0.25) is 0 Å². The summed E-state index contributed by atoms with van der Waals surface area (Å²) in [5, 5.41) is 14.6. The number of aliphatic hydroxyl groups is 1. The lowest BCUT2D eigenvalue weighted by molar-refractivity contribution is 0.0693. The summed E-state index contributed by atoms with van der Waals surface area (Å²) >= 11 is 0. The van der Waals surface area contributed by atoms with E-state index < -0.39 is 6.10 Å². The van der Waals surface area contributed by atoms with Crippen molar-refractivity contribution in [3.63, 3.8) is 0 Å². The predicted octanol–water partition coefficient (Wildman–Crippen LogP) is 2.45. The molecule has 3 rings (SSSR count). The second-order valence-corrected chi connectivity index (χ2v) is 6.94. The van der Waals surface area contributed by atoms with Crippen LogP contribution in [0.4, 0.5) is 0 Å². The van der Waals surface area contributed by atoms with Crippen LogP contribution in [0.25, 0.3) is 0 Å². The summed E-state index contributed by atoms with van der Waals surface area (Å²) in [6.45, 7) is 11.5. The molecule has 5 nitrogen and oxygen atoms in total. The van der Waals surface area contributed by atoms with Gasteiger partial charge in [0.1, 0.15) is 5.76 Å². The molecular weight excluding hydrogens is 302 g/mol. The molecule has 1 N–H and O–H groups in total. The SMILES string of the molecule is Cc1cc(C)cc(C(O)CN2CCN(Cc3cc(C)on3)CC2)c1. The van der Waals surface area contributed by atoms with E-state index in [1.165, 1.54) is 11.1 Å². The van der Waals surface area contributed by atoms with Gasteiger partial charge in [-0.2, -0.15) is 0 Å². The summed E-state index contributed by atoms with van der Waals surface area (Å²) in [5.74, 6) is 0.861. The number of rotatable bonds is 5. The number of benzene rings is 1. The van der Waals surface area contributed by atoms with Crippen LogP contribution in [-0.2, 0) is 6.54 Å². The number of β-amino-alcohol motifs (C(OH)–C–C–N with tert-alkyl or cyclic N) is 1. The van der Waals surface area contributed by atoms with Crippen molar-refractivity contribution in [1.29, 1.82) is 0 Å². The largest absolute Gasteiger partial charge is 0.387 e. The molecule has 1 saturated heterocycles. The van der Waals surface area contributed by atoms with E-state index in [0.717, 1.165) is 49.7 Å². The van der Waals surface area contributed by atoms with Crippen molar-refractivity contribution in [2.24, 2.45) is 0 Å². The first-order chi connectivity index (χ1) is 11.5. The molecule has 1 aromatic carbocycles. The minimum atomic E-state index is -0.423. The summed E-state index contributed by atoms with van der Waals surface area (Å²) in [4.78, 5) is 4.73. The number of aromatic nitrogens is 1. The Labute approximate surface area is 143 Å². The van der Waals surface area contributed by atoms with E-state index in [-0.39, 0.29) is 0 Å². The molecule has 1 aliphatic heterocycles. The Morgan fingerprint density at radius 2 is 1.62 bits per heavy atom. The molecule has 0 spiro atoms. The zero-order valence-corrected chi connectivity index (χ0v) is 14.8. The fraction of sp³-hybridized carbons (Fsp3) is 0.526. The van der Waals surface area contributed by atoms with Crippen molar-refractivity contribution in [3.05, 3.63) is 52.4 Å². The predicted molar refractivity (Wildman–Crippen MR) is 93.8 cm³/mol. The normalized spacial score (nSPS) is 18.0. The van der Waals surface area contributed by atoms with Crippen LogP contribution in [0.2, 0.25) is 0 Å². The monoisotopic (exact) mass is 329 g/mol. The van der Waals surface area contributed by atoms with Gasteiger partial charge in [0.15, 0.2) is 0 Å². The topological polar surface area (TPSA) is 52.7 Å². The smallest absolute Gasteiger partial charge is 0.133 e. The van der Waals surface area contributed by atoms with E-state index >= 15 is 0 Å². The summed E-state index contributed by atoms with van der Waals surface area (Å²) < 4.78 is 5.13. The maximum absolute atomic E-state index is 10.5. The second kappa shape index (κ2) is 7.47. The zero-order valence-electron chi connectivity index (χ0n) is 14.8. The van der Waals surface area contributed by atoms with E-state index in [4.69, 9.17) is 4.52 Å². The van der Waals surface area contributed by atoms with Gasteiger partial charge in [0.25, 0.3) is 0 Å². The van der Waals surface area contributed by atoms with Crippen molar-refractivity contribution in [2.75, 3.05) is 32.7 Å². The third-order valence-electron chi connectivity index (χ3n) is 4.59. The molecule has 1 atom stereocenters. The van der Waals surface area contributed by atoms with Gasteiger partial charge in [-0.05, 0) is 26.3 Å². The number of aryl methyl sites for hydroxylation is 3. The number of nitrogens with zero attached hydrogens (tertiary/aromatic N) is 3. The van der Waals surface area contributed by atoms with E-state index in [0.29, 0.717) is 6.54 Å². The highest BCUT2D eigenvalue weighted by molar-refractivity contribution is 5.30. The maximum Gasteiger partial charge on any atom is 0.133 e. The van der Waals surface area contributed by atoms with Crippen LogP contribution < -0.4 is 0 Å². The van der Waals surface area contributed by atoms with Crippen LogP contribution in [0.3, 0.4) is 0 Å². The van der Waals surface area contributed by atoms with Crippen LogP contribution in [0.1, 0.15) is 34.2 Å². The van der Waals surface area contributed by atoms with Gasteiger partial charge in [0, 0.05) is 45.3 Å². The molecule has 1 fully saturated rings. The first-order valence-electron chi connectivity index (χ1n) is 8.63. The first-order valence-corrected chi connectivity index (χ1v) is 8.63. The Morgan fingerprint density at radius 3 is 2.21 bits per heavy atom.